The molecule has 0 radical (unpaired) electrons. The second-order valence-corrected chi connectivity index (χ2v) is 7.68. The maximum Gasteiger partial charge on any atom is 0.315 e. The third kappa shape index (κ3) is 2.07. The number of amides is 2. The Kier molecular flexibility index (Phi) is 3.61. The SMILES string of the molecule is CC[C@H](NC(=O)N[C@@H]1[C@H]2CCO[C@@H]2C12CCC2)c1nccs1. The molecule has 2 N–H and O–H groups in total. The molecule has 3 fully saturated rings. The van der Waals surface area contributed by atoms with Crippen LogP contribution < -0.4 is 10.6 Å². The predicted molar refractivity (Wildman–Crippen MR) is 84.7 cm³/mol. The first-order valence-electron chi connectivity index (χ1n) is 8.32. The summed E-state index contributed by atoms with van der Waals surface area (Å²) in [6.07, 6.45) is 7.78. The van der Waals surface area contributed by atoms with Gasteiger partial charge in [-0.1, -0.05) is 13.3 Å². The molecular weight excluding hydrogens is 298 g/mol. The highest BCUT2D eigenvalue weighted by atomic mass is 32.1. The van der Waals surface area contributed by atoms with E-state index in [1.54, 1.807) is 17.5 Å². The molecule has 2 heterocycles. The Labute approximate surface area is 134 Å². The second kappa shape index (κ2) is 5.49. The molecule has 2 amide bonds. The first kappa shape index (κ1) is 14.5. The number of nitrogens with one attached hydrogen (secondary N) is 2. The summed E-state index contributed by atoms with van der Waals surface area (Å²) in [6, 6.07) is 0.249. The summed E-state index contributed by atoms with van der Waals surface area (Å²) in [5.74, 6) is 0.519. The van der Waals surface area contributed by atoms with E-state index in [4.69, 9.17) is 4.74 Å². The Bertz CT molecular complexity index is 544. The second-order valence-electron chi connectivity index (χ2n) is 6.76. The molecule has 5 nitrogen and oxygen atoms in total. The van der Waals surface area contributed by atoms with E-state index in [1.165, 1.54) is 19.3 Å². The lowest BCUT2D eigenvalue weighted by Crippen LogP contribution is -2.72. The minimum absolute atomic E-state index is 0.00745. The summed E-state index contributed by atoms with van der Waals surface area (Å²) in [6.45, 7) is 2.93. The Morgan fingerprint density at radius 1 is 1.59 bits per heavy atom. The Hall–Kier alpha value is -1.14. The van der Waals surface area contributed by atoms with Gasteiger partial charge in [0.15, 0.2) is 0 Å². The lowest BCUT2D eigenvalue weighted by molar-refractivity contribution is -0.172. The molecule has 1 spiro atoms. The fraction of sp³-hybridized carbons (Fsp3) is 0.750. The van der Waals surface area contributed by atoms with E-state index in [0.717, 1.165) is 24.5 Å². The van der Waals surface area contributed by atoms with Crippen molar-refractivity contribution in [3.63, 3.8) is 0 Å². The average Bonchev–Trinajstić information content (AvgIpc) is 3.11. The van der Waals surface area contributed by atoms with Crippen LogP contribution in [0.25, 0.3) is 0 Å². The molecule has 3 aliphatic rings. The molecular formula is C16H23N3O2S. The lowest BCUT2D eigenvalue weighted by atomic mass is 9.46. The maximum absolute atomic E-state index is 12.4. The van der Waals surface area contributed by atoms with Gasteiger partial charge >= 0.3 is 6.03 Å². The van der Waals surface area contributed by atoms with Gasteiger partial charge in [-0.25, -0.2) is 9.78 Å². The number of carbonyl (C=O) groups excluding carboxylic acids is 1. The number of thiazole rings is 1. The standard InChI is InChI=1S/C16H23N3O2S/c1-2-11(14-17-7-9-22-14)18-15(20)19-12-10-4-8-21-13(10)16(12)5-3-6-16/h7,9-13H,2-6,8H2,1H3,(H2,18,19,20)/t10-,11+,12-,13+/m1/s1. The van der Waals surface area contributed by atoms with Gasteiger partial charge in [0, 0.05) is 35.6 Å². The summed E-state index contributed by atoms with van der Waals surface area (Å²) in [5, 5.41) is 9.28. The van der Waals surface area contributed by atoms with Crippen LogP contribution in [0.5, 0.6) is 0 Å². The zero-order valence-electron chi connectivity index (χ0n) is 12.9. The van der Waals surface area contributed by atoms with Crippen LogP contribution in [-0.2, 0) is 4.74 Å². The van der Waals surface area contributed by atoms with Gasteiger partial charge in [0.1, 0.15) is 5.01 Å². The highest BCUT2D eigenvalue weighted by Gasteiger charge is 2.67. The summed E-state index contributed by atoms with van der Waals surface area (Å²) in [7, 11) is 0. The predicted octanol–water partition coefficient (Wildman–Crippen LogP) is 2.85. The van der Waals surface area contributed by atoms with E-state index in [-0.39, 0.29) is 17.5 Å². The van der Waals surface area contributed by atoms with Gasteiger partial charge in [-0.3, -0.25) is 0 Å². The normalized spacial score (nSPS) is 32.7. The molecule has 2 saturated carbocycles. The van der Waals surface area contributed by atoms with Crippen molar-refractivity contribution in [2.24, 2.45) is 11.3 Å². The Morgan fingerprint density at radius 2 is 2.45 bits per heavy atom. The van der Waals surface area contributed by atoms with Crippen molar-refractivity contribution in [3.05, 3.63) is 16.6 Å². The van der Waals surface area contributed by atoms with Crippen LogP contribution in [-0.4, -0.2) is 29.8 Å². The van der Waals surface area contributed by atoms with E-state index >= 15 is 0 Å². The molecule has 2 aliphatic carbocycles. The molecule has 1 aliphatic heterocycles. The fourth-order valence-corrected chi connectivity index (χ4v) is 5.31. The minimum Gasteiger partial charge on any atom is -0.377 e. The number of rotatable bonds is 4. The van der Waals surface area contributed by atoms with E-state index in [9.17, 15) is 4.79 Å². The van der Waals surface area contributed by atoms with Crippen molar-refractivity contribution in [2.75, 3.05) is 6.61 Å². The monoisotopic (exact) mass is 321 g/mol. The van der Waals surface area contributed by atoms with Gasteiger partial charge in [0.25, 0.3) is 0 Å². The molecule has 4 atom stereocenters. The van der Waals surface area contributed by atoms with Crippen molar-refractivity contribution >= 4 is 17.4 Å². The maximum atomic E-state index is 12.4. The zero-order chi connectivity index (χ0) is 15.2. The largest absolute Gasteiger partial charge is 0.377 e. The molecule has 22 heavy (non-hydrogen) atoms. The number of urea groups is 1. The van der Waals surface area contributed by atoms with Crippen molar-refractivity contribution in [1.82, 2.24) is 15.6 Å². The lowest BCUT2D eigenvalue weighted by Gasteiger charge is -2.63. The number of aromatic nitrogens is 1. The quantitative estimate of drug-likeness (QED) is 0.896. The minimum atomic E-state index is -0.0522. The van der Waals surface area contributed by atoms with Crippen LogP contribution in [0.1, 0.15) is 50.1 Å². The molecule has 120 valence electrons. The number of hydrogen-bond acceptors (Lipinski definition) is 4. The molecule has 6 heteroatoms. The smallest absolute Gasteiger partial charge is 0.315 e. The van der Waals surface area contributed by atoms with Gasteiger partial charge in [-0.15, -0.1) is 11.3 Å². The van der Waals surface area contributed by atoms with E-state index < -0.39 is 0 Å². The van der Waals surface area contributed by atoms with Crippen LogP contribution in [0, 0.1) is 11.3 Å². The van der Waals surface area contributed by atoms with E-state index in [2.05, 4.69) is 22.5 Å². The Balaban J connectivity index is 1.39. The summed E-state index contributed by atoms with van der Waals surface area (Å²) in [4.78, 5) is 16.8. The van der Waals surface area contributed by atoms with Gasteiger partial charge in [-0.2, -0.15) is 0 Å². The van der Waals surface area contributed by atoms with E-state index in [1.807, 2.05) is 5.38 Å². The molecule has 0 aromatic carbocycles. The number of carbonyl (C=O) groups is 1. The van der Waals surface area contributed by atoms with Gasteiger partial charge in [0.05, 0.1) is 12.1 Å². The molecule has 0 unspecified atom stereocenters. The summed E-state index contributed by atoms with van der Waals surface area (Å²) in [5.41, 5.74) is 0.237. The van der Waals surface area contributed by atoms with E-state index in [0.29, 0.717) is 18.1 Å². The van der Waals surface area contributed by atoms with Gasteiger partial charge < -0.3 is 15.4 Å². The van der Waals surface area contributed by atoms with Crippen molar-refractivity contribution in [2.45, 2.75) is 57.2 Å². The first-order valence-corrected chi connectivity index (χ1v) is 9.20. The van der Waals surface area contributed by atoms with Crippen molar-refractivity contribution in [1.29, 1.82) is 0 Å². The molecule has 1 aromatic heterocycles. The summed E-state index contributed by atoms with van der Waals surface area (Å²) >= 11 is 1.59. The molecule has 0 bridgehead atoms. The topological polar surface area (TPSA) is 63.2 Å². The molecule has 1 aromatic rings. The van der Waals surface area contributed by atoms with Crippen LogP contribution in [0.4, 0.5) is 4.79 Å². The van der Waals surface area contributed by atoms with Gasteiger partial charge in [0.2, 0.25) is 0 Å². The summed E-state index contributed by atoms with van der Waals surface area (Å²) < 4.78 is 5.90. The highest BCUT2D eigenvalue weighted by molar-refractivity contribution is 7.09. The van der Waals surface area contributed by atoms with Gasteiger partial charge in [-0.05, 0) is 25.7 Å². The number of ether oxygens (including phenoxy) is 1. The third-order valence-corrected chi connectivity index (χ3v) is 6.67. The number of hydrogen-bond donors (Lipinski definition) is 2. The van der Waals surface area contributed by atoms with Crippen LogP contribution in [0.3, 0.4) is 0 Å². The third-order valence-electron chi connectivity index (χ3n) is 5.79. The van der Waals surface area contributed by atoms with Crippen LogP contribution in [0.15, 0.2) is 11.6 Å². The van der Waals surface area contributed by atoms with Crippen LogP contribution in [0.2, 0.25) is 0 Å². The highest BCUT2D eigenvalue weighted by Crippen LogP contribution is 2.62. The van der Waals surface area contributed by atoms with Crippen molar-refractivity contribution in [3.8, 4) is 0 Å². The molecule has 4 rings (SSSR count). The molecule has 1 saturated heterocycles. The number of fused-ring (bicyclic) bond motifs is 2. The zero-order valence-corrected chi connectivity index (χ0v) is 13.7. The fourth-order valence-electron chi connectivity index (χ4n) is 4.54. The van der Waals surface area contributed by atoms with Crippen molar-refractivity contribution < 1.29 is 9.53 Å². The number of nitrogens with zero attached hydrogens (tertiary/aromatic N) is 1. The average molecular weight is 321 g/mol. The Morgan fingerprint density at radius 3 is 3.09 bits per heavy atom. The van der Waals surface area contributed by atoms with Crippen LogP contribution >= 0.6 is 11.3 Å². The first-order chi connectivity index (χ1) is 10.7.